The normalized spacial score (nSPS) is 21.4. The number of carbonyl (C=O) groups is 2. The lowest BCUT2D eigenvalue weighted by Crippen LogP contribution is -2.34. The Balaban J connectivity index is 1.48. The smallest absolute Gasteiger partial charge is 0.244 e. The number of benzene rings is 1. The molecule has 1 aromatic rings. The van der Waals surface area contributed by atoms with Gasteiger partial charge in [0.15, 0.2) is 0 Å². The molecule has 1 fully saturated rings. The molecule has 0 bridgehead atoms. The molecule has 0 spiro atoms. The Morgan fingerprint density at radius 1 is 0.920 bits per heavy atom. The third kappa shape index (κ3) is 6.59. The van der Waals surface area contributed by atoms with Gasteiger partial charge in [0.1, 0.15) is 0 Å². The zero-order chi connectivity index (χ0) is 18.1. The van der Waals surface area contributed by atoms with E-state index < -0.39 is 6.04 Å². The molecule has 0 aromatic heterocycles. The van der Waals surface area contributed by atoms with Crippen LogP contribution in [0.1, 0.15) is 56.9 Å². The monoisotopic (exact) mass is 345 g/mol. The molecule has 2 rings (SSSR count). The van der Waals surface area contributed by atoms with Gasteiger partial charge in [-0.25, -0.2) is 0 Å². The summed E-state index contributed by atoms with van der Waals surface area (Å²) in [7, 11) is 0. The number of unbranched alkanes of at least 4 members (excludes halogenated alkanes) is 3. The van der Waals surface area contributed by atoms with Gasteiger partial charge in [-0.15, -0.1) is 0 Å². The van der Waals surface area contributed by atoms with Gasteiger partial charge in [0, 0.05) is 6.04 Å². The topological polar surface area (TPSA) is 98.2 Å². The molecule has 3 atom stereocenters. The van der Waals surface area contributed by atoms with Crippen LogP contribution >= 0.6 is 0 Å². The van der Waals surface area contributed by atoms with Gasteiger partial charge in [0.05, 0.1) is 12.0 Å². The number of hydrogen-bond donors (Lipinski definition) is 3. The van der Waals surface area contributed by atoms with Gasteiger partial charge >= 0.3 is 0 Å². The number of carbonyl (C=O) groups excluding carboxylic acids is 2. The maximum atomic E-state index is 11.6. The molecule has 138 valence electrons. The highest BCUT2D eigenvalue weighted by Gasteiger charge is 2.38. The van der Waals surface area contributed by atoms with Crippen LogP contribution in [0.25, 0.3) is 0 Å². The van der Waals surface area contributed by atoms with Crippen LogP contribution in [-0.4, -0.2) is 23.9 Å². The minimum absolute atomic E-state index is 0.222. The number of nitrogens with one attached hydrogen (secondary N) is 1. The zero-order valence-electron chi connectivity index (χ0n) is 15.0. The van der Waals surface area contributed by atoms with E-state index in [1.54, 1.807) is 0 Å². The number of hydrogen-bond acceptors (Lipinski definition) is 4. The summed E-state index contributed by atoms with van der Waals surface area (Å²) < 4.78 is 0. The molecule has 1 aliphatic heterocycles. The van der Waals surface area contributed by atoms with Gasteiger partial charge in [0.25, 0.3) is 0 Å². The van der Waals surface area contributed by atoms with Crippen LogP contribution in [0.15, 0.2) is 30.3 Å². The molecular formula is C20H31N3O2. The van der Waals surface area contributed by atoms with Crippen LogP contribution in [0.4, 0.5) is 0 Å². The van der Waals surface area contributed by atoms with Gasteiger partial charge in [-0.1, -0.05) is 56.0 Å². The van der Waals surface area contributed by atoms with Crippen molar-refractivity contribution in [3.63, 3.8) is 0 Å². The summed E-state index contributed by atoms with van der Waals surface area (Å²) in [6.45, 7) is 0. The number of aryl methyl sites for hydroxylation is 1. The van der Waals surface area contributed by atoms with E-state index >= 15 is 0 Å². The van der Waals surface area contributed by atoms with E-state index in [1.165, 1.54) is 24.8 Å². The summed E-state index contributed by atoms with van der Waals surface area (Å²) >= 11 is 0. The lowest BCUT2D eigenvalue weighted by molar-refractivity contribution is -0.125. The molecule has 0 aliphatic carbocycles. The Morgan fingerprint density at radius 2 is 1.60 bits per heavy atom. The minimum atomic E-state index is -0.675. The fraction of sp³-hybridized carbons (Fsp3) is 0.600. The third-order valence-corrected chi connectivity index (χ3v) is 5.04. The third-order valence-electron chi connectivity index (χ3n) is 5.04. The summed E-state index contributed by atoms with van der Waals surface area (Å²) in [6, 6.07) is 10.1. The van der Waals surface area contributed by atoms with E-state index in [4.69, 9.17) is 11.5 Å². The summed E-state index contributed by atoms with van der Waals surface area (Å²) in [5.74, 6) is -0.927. The molecule has 5 nitrogen and oxygen atoms in total. The van der Waals surface area contributed by atoms with Crippen molar-refractivity contribution in [1.29, 1.82) is 0 Å². The highest BCUT2D eigenvalue weighted by molar-refractivity contribution is 6.06. The highest BCUT2D eigenvalue weighted by atomic mass is 16.2. The molecule has 3 unspecified atom stereocenters. The van der Waals surface area contributed by atoms with Crippen molar-refractivity contribution in [3.05, 3.63) is 35.9 Å². The van der Waals surface area contributed by atoms with Crippen LogP contribution in [0.3, 0.4) is 0 Å². The Bertz CT molecular complexity index is 547. The molecule has 1 heterocycles. The van der Waals surface area contributed by atoms with Crippen molar-refractivity contribution < 1.29 is 9.59 Å². The quantitative estimate of drug-likeness (QED) is 0.423. The van der Waals surface area contributed by atoms with Crippen molar-refractivity contribution in [2.75, 3.05) is 0 Å². The predicted octanol–water partition coefficient (Wildman–Crippen LogP) is 2.28. The Labute approximate surface area is 150 Å². The van der Waals surface area contributed by atoms with Gasteiger partial charge in [-0.2, -0.15) is 0 Å². The Kier molecular flexibility index (Phi) is 8.09. The van der Waals surface area contributed by atoms with Gasteiger partial charge < -0.3 is 11.5 Å². The van der Waals surface area contributed by atoms with Gasteiger partial charge in [-0.3, -0.25) is 14.9 Å². The van der Waals surface area contributed by atoms with E-state index in [2.05, 4.69) is 29.6 Å². The molecule has 5 heteroatoms. The van der Waals surface area contributed by atoms with E-state index in [-0.39, 0.29) is 23.8 Å². The maximum absolute atomic E-state index is 11.6. The molecule has 1 saturated heterocycles. The van der Waals surface area contributed by atoms with Crippen LogP contribution in [0.2, 0.25) is 0 Å². The van der Waals surface area contributed by atoms with Crippen LogP contribution in [0.5, 0.6) is 0 Å². The fourth-order valence-corrected chi connectivity index (χ4v) is 3.43. The standard InChI is InChI=1S/C20H31N3O2/c21-16(12-6-2-5-11-15-9-3-1-4-10-15)13-7-8-14-17-18(22)20(25)23-19(17)24/h1,3-4,9-10,16-18H,2,5-8,11-14,21-22H2,(H,23,24,25). The molecule has 1 aromatic carbocycles. The molecule has 5 N–H and O–H groups in total. The van der Waals surface area contributed by atoms with E-state index in [1.807, 2.05) is 6.07 Å². The molecule has 1 aliphatic rings. The second-order valence-corrected chi connectivity index (χ2v) is 7.12. The zero-order valence-corrected chi connectivity index (χ0v) is 15.0. The predicted molar refractivity (Wildman–Crippen MR) is 99.7 cm³/mol. The van der Waals surface area contributed by atoms with Crippen molar-refractivity contribution in [2.24, 2.45) is 17.4 Å². The summed E-state index contributed by atoms with van der Waals surface area (Å²) in [4.78, 5) is 22.9. The lowest BCUT2D eigenvalue weighted by Gasteiger charge is -2.13. The Morgan fingerprint density at radius 3 is 2.24 bits per heavy atom. The van der Waals surface area contributed by atoms with Crippen LogP contribution in [0, 0.1) is 5.92 Å². The largest absolute Gasteiger partial charge is 0.328 e. The molecule has 25 heavy (non-hydrogen) atoms. The summed E-state index contributed by atoms with van der Waals surface area (Å²) in [5.41, 5.74) is 13.3. The Hall–Kier alpha value is -1.72. The average Bonchev–Trinajstić information content (AvgIpc) is 2.85. The lowest BCUT2D eigenvalue weighted by atomic mass is 9.94. The van der Waals surface area contributed by atoms with E-state index in [0.717, 1.165) is 32.1 Å². The van der Waals surface area contributed by atoms with Crippen molar-refractivity contribution >= 4 is 11.8 Å². The van der Waals surface area contributed by atoms with E-state index in [9.17, 15) is 9.59 Å². The first-order chi connectivity index (χ1) is 12.1. The number of imide groups is 1. The SMILES string of the molecule is NC(CCCCCc1ccccc1)CCCCC1C(=O)NC(=O)C1N. The average molecular weight is 345 g/mol. The molecule has 0 radical (unpaired) electrons. The van der Waals surface area contributed by atoms with E-state index in [0.29, 0.717) is 6.42 Å². The van der Waals surface area contributed by atoms with Gasteiger partial charge in [0.2, 0.25) is 11.8 Å². The highest BCUT2D eigenvalue weighted by Crippen LogP contribution is 2.19. The van der Waals surface area contributed by atoms with Crippen molar-refractivity contribution in [1.82, 2.24) is 5.32 Å². The molecule has 0 saturated carbocycles. The fourth-order valence-electron chi connectivity index (χ4n) is 3.43. The number of nitrogens with two attached hydrogens (primary N) is 2. The first kappa shape index (κ1) is 19.6. The first-order valence-electron chi connectivity index (χ1n) is 9.47. The second kappa shape index (κ2) is 10.3. The van der Waals surface area contributed by atoms with Gasteiger partial charge in [-0.05, 0) is 37.7 Å². The second-order valence-electron chi connectivity index (χ2n) is 7.12. The van der Waals surface area contributed by atoms with Crippen molar-refractivity contribution in [2.45, 2.75) is 69.9 Å². The number of amides is 2. The molecule has 2 amide bonds. The van der Waals surface area contributed by atoms with Crippen LogP contribution < -0.4 is 16.8 Å². The summed E-state index contributed by atoms with van der Waals surface area (Å²) in [5, 5.41) is 2.29. The summed E-state index contributed by atoms with van der Waals surface area (Å²) in [6.07, 6.45) is 9.28. The van der Waals surface area contributed by atoms with Crippen LogP contribution in [-0.2, 0) is 16.0 Å². The first-order valence-corrected chi connectivity index (χ1v) is 9.47. The number of rotatable bonds is 11. The molecular weight excluding hydrogens is 314 g/mol. The van der Waals surface area contributed by atoms with Crippen molar-refractivity contribution in [3.8, 4) is 0 Å². The minimum Gasteiger partial charge on any atom is -0.328 e. The maximum Gasteiger partial charge on any atom is 0.244 e.